The lowest BCUT2D eigenvalue weighted by molar-refractivity contribution is -0.142. The summed E-state index contributed by atoms with van der Waals surface area (Å²) in [5.41, 5.74) is 2.50. The molecule has 0 saturated heterocycles. The van der Waals surface area contributed by atoms with Crippen LogP contribution in [0, 0.1) is 0 Å². The number of carbonyl (C=O) groups excluding carboxylic acids is 1. The Labute approximate surface area is 103 Å². The number of nitrogens with one attached hydrogen (secondary N) is 1. The zero-order chi connectivity index (χ0) is 12.8. The van der Waals surface area contributed by atoms with E-state index in [9.17, 15) is 4.79 Å². The fourth-order valence-corrected chi connectivity index (χ4v) is 1.55. The van der Waals surface area contributed by atoms with Crippen LogP contribution in [-0.4, -0.2) is 19.1 Å². The molecule has 1 aromatic carbocycles. The van der Waals surface area contributed by atoms with Crippen LogP contribution in [0.1, 0.15) is 37.8 Å². The van der Waals surface area contributed by atoms with Crippen molar-refractivity contribution in [3.63, 3.8) is 0 Å². The van der Waals surface area contributed by atoms with Crippen LogP contribution in [0.2, 0.25) is 0 Å². The molecule has 0 aliphatic heterocycles. The highest BCUT2D eigenvalue weighted by atomic mass is 16.5. The average Bonchev–Trinajstić information content (AvgIpc) is 2.35. The summed E-state index contributed by atoms with van der Waals surface area (Å²) in [6.07, 6.45) is 0. The first kappa shape index (κ1) is 13.7. The van der Waals surface area contributed by atoms with Crippen LogP contribution in [0.5, 0.6) is 0 Å². The maximum Gasteiger partial charge on any atom is 0.322 e. The van der Waals surface area contributed by atoms with E-state index in [2.05, 4.69) is 48.2 Å². The highest BCUT2D eigenvalue weighted by Crippen LogP contribution is 2.14. The Hall–Kier alpha value is -1.35. The molecule has 0 saturated carbocycles. The molecule has 3 heteroatoms. The quantitative estimate of drug-likeness (QED) is 0.797. The number of hydrogen-bond acceptors (Lipinski definition) is 3. The van der Waals surface area contributed by atoms with Gasteiger partial charge in [0.15, 0.2) is 0 Å². The van der Waals surface area contributed by atoms with Gasteiger partial charge in [0.05, 0.1) is 7.11 Å². The molecule has 0 spiro atoms. The van der Waals surface area contributed by atoms with Crippen molar-refractivity contribution in [3.8, 4) is 0 Å². The van der Waals surface area contributed by atoms with Gasteiger partial charge in [-0.05, 0) is 24.0 Å². The molecule has 0 aromatic heterocycles. The first-order valence-electron chi connectivity index (χ1n) is 5.94. The van der Waals surface area contributed by atoms with E-state index >= 15 is 0 Å². The predicted octanol–water partition coefficient (Wildman–Crippen LogP) is 2.46. The molecular formula is C14H21NO2. The number of carbonyl (C=O) groups is 1. The summed E-state index contributed by atoms with van der Waals surface area (Å²) in [5, 5.41) is 3.12. The lowest BCUT2D eigenvalue weighted by Gasteiger charge is -2.12. The van der Waals surface area contributed by atoms with Gasteiger partial charge in [0.25, 0.3) is 0 Å². The number of ether oxygens (including phenoxy) is 1. The van der Waals surface area contributed by atoms with Crippen LogP contribution in [0.15, 0.2) is 24.3 Å². The minimum absolute atomic E-state index is 0.233. The molecule has 0 aliphatic rings. The van der Waals surface area contributed by atoms with E-state index in [0.29, 0.717) is 12.5 Å². The lowest BCUT2D eigenvalue weighted by atomic mass is 10.0. The van der Waals surface area contributed by atoms with Crippen LogP contribution in [0.4, 0.5) is 0 Å². The van der Waals surface area contributed by atoms with Crippen molar-refractivity contribution in [1.29, 1.82) is 0 Å². The van der Waals surface area contributed by atoms with Crippen LogP contribution in [0.25, 0.3) is 0 Å². The maximum atomic E-state index is 11.2. The second kappa shape index (κ2) is 6.40. The lowest BCUT2D eigenvalue weighted by Crippen LogP contribution is -2.34. The Bertz CT molecular complexity index is 357. The topological polar surface area (TPSA) is 38.3 Å². The standard InChI is InChI=1S/C14H21NO2/c1-10(2)13-7-5-12(6-8-13)9-15-11(3)14(16)17-4/h5-8,10-11,15H,9H2,1-4H3/t11-/m0/s1. The van der Waals surface area contributed by atoms with Gasteiger partial charge in [0.2, 0.25) is 0 Å². The molecule has 0 radical (unpaired) electrons. The summed E-state index contributed by atoms with van der Waals surface area (Å²) in [4.78, 5) is 11.2. The highest BCUT2D eigenvalue weighted by molar-refractivity contribution is 5.75. The number of esters is 1. The summed E-state index contributed by atoms with van der Waals surface area (Å²) in [6.45, 7) is 6.82. The van der Waals surface area contributed by atoms with Crippen molar-refractivity contribution in [1.82, 2.24) is 5.32 Å². The number of rotatable bonds is 5. The molecule has 1 atom stereocenters. The second-order valence-electron chi connectivity index (χ2n) is 4.52. The average molecular weight is 235 g/mol. The van der Waals surface area contributed by atoms with Crippen molar-refractivity contribution in [2.24, 2.45) is 0 Å². The van der Waals surface area contributed by atoms with Crippen molar-refractivity contribution in [3.05, 3.63) is 35.4 Å². The molecule has 0 amide bonds. The molecule has 3 nitrogen and oxygen atoms in total. The molecule has 0 unspecified atom stereocenters. The van der Waals surface area contributed by atoms with Gasteiger partial charge >= 0.3 is 5.97 Å². The second-order valence-corrected chi connectivity index (χ2v) is 4.52. The zero-order valence-electron chi connectivity index (χ0n) is 11.0. The Morgan fingerprint density at radius 3 is 2.29 bits per heavy atom. The van der Waals surface area contributed by atoms with E-state index < -0.39 is 0 Å². The van der Waals surface area contributed by atoms with Gasteiger partial charge < -0.3 is 10.1 Å². The van der Waals surface area contributed by atoms with Gasteiger partial charge in [-0.1, -0.05) is 38.1 Å². The van der Waals surface area contributed by atoms with Gasteiger partial charge in [-0.2, -0.15) is 0 Å². The molecule has 17 heavy (non-hydrogen) atoms. The Morgan fingerprint density at radius 1 is 1.24 bits per heavy atom. The number of hydrogen-bond donors (Lipinski definition) is 1. The zero-order valence-corrected chi connectivity index (χ0v) is 11.0. The Kier molecular flexibility index (Phi) is 5.16. The molecule has 0 bridgehead atoms. The summed E-state index contributed by atoms with van der Waals surface area (Å²) >= 11 is 0. The largest absolute Gasteiger partial charge is 0.468 e. The minimum atomic E-state index is -0.273. The summed E-state index contributed by atoms with van der Waals surface area (Å²) < 4.78 is 4.65. The van der Waals surface area contributed by atoms with Crippen molar-refractivity contribution in [2.75, 3.05) is 7.11 Å². The van der Waals surface area contributed by atoms with Crippen molar-refractivity contribution in [2.45, 2.75) is 39.3 Å². The molecule has 1 aromatic rings. The van der Waals surface area contributed by atoms with E-state index in [0.717, 1.165) is 0 Å². The third-order valence-electron chi connectivity index (χ3n) is 2.81. The minimum Gasteiger partial charge on any atom is -0.468 e. The van der Waals surface area contributed by atoms with Gasteiger partial charge in [-0.25, -0.2) is 0 Å². The molecule has 0 aliphatic carbocycles. The van der Waals surface area contributed by atoms with Crippen LogP contribution < -0.4 is 5.32 Å². The number of methoxy groups -OCH3 is 1. The van der Waals surface area contributed by atoms with Gasteiger partial charge in [0, 0.05) is 6.54 Å². The van der Waals surface area contributed by atoms with Crippen molar-refractivity contribution < 1.29 is 9.53 Å². The Morgan fingerprint density at radius 2 is 1.82 bits per heavy atom. The SMILES string of the molecule is COC(=O)[C@H](C)NCc1ccc(C(C)C)cc1. The molecule has 1 N–H and O–H groups in total. The smallest absolute Gasteiger partial charge is 0.322 e. The van der Waals surface area contributed by atoms with E-state index in [1.165, 1.54) is 18.2 Å². The maximum absolute atomic E-state index is 11.2. The first-order chi connectivity index (χ1) is 8.04. The normalized spacial score (nSPS) is 12.5. The van der Waals surface area contributed by atoms with E-state index in [-0.39, 0.29) is 12.0 Å². The van der Waals surface area contributed by atoms with Crippen molar-refractivity contribution >= 4 is 5.97 Å². The molecule has 1 rings (SSSR count). The highest BCUT2D eigenvalue weighted by Gasteiger charge is 2.11. The van der Waals surface area contributed by atoms with Gasteiger partial charge in [-0.3, -0.25) is 4.79 Å². The predicted molar refractivity (Wildman–Crippen MR) is 68.8 cm³/mol. The third kappa shape index (κ3) is 4.19. The molecule has 94 valence electrons. The van der Waals surface area contributed by atoms with Crippen LogP contribution in [-0.2, 0) is 16.1 Å². The fraction of sp³-hybridized carbons (Fsp3) is 0.500. The van der Waals surface area contributed by atoms with Gasteiger partial charge in [-0.15, -0.1) is 0 Å². The molecule has 0 heterocycles. The molecule has 0 fully saturated rings. The van der Waals surface area contributed by atoms with E-state index in [1.807, 2.05) is 0 Å². The summed E-state index contributed by atoms with van der Waals surface area (Å²) in [7, 11) is 1.40. The first-order valence-corrected chi connectivity index (χ1v) is 5.94. The van der Waals surface area contributed by atoms with E-state index in [4.69, 9.17) is 0 Å². The summed E-state index contributed by atoms with van der Waals surface area (Å²) in [5.74, 6) is 0.315. The summed E-state index contributed by atoms with van der Waals surface area (Å²) in [6, 6.07) is 8.16. The monoisotopic (exact) mass is 235 g/mol. The Balaban J connectivity index is 2.50. The van der Waals surface area contributed by atoms with Gasteiger partial charge in [0.1, 0.15) is 6.04 Å². The third-order valence-corrected chi connectivity index (χ3v) is 2.81. The van der Waals surface area contributed by atoms with Crippen LogP contribution in [0.3, 0.4) is 0 Å². The number of benzene rings is 1. The van der Waals surface area contributed by atoms with E-state index in [1.54, 1.807) is 6.92 Å². The fourth-order valence-electron chi connectivity index (χ4n) is 1.55. The van der Waals surface area contributed by atoms with Crippen LogP contribution >= 0.6 is 0 Å². The molecular weight excluding hydrogens is 214 g/mol.